The average Bonchev–Trinajstić information content (AvgIpc) is 3.80. The first-order chi connectivity index (χ1) is 27.8. The van der Waals surface area contributed by atoms with Gasteiger partial charge >= 0.3 is 0 Å². The van der Waals surface area contributed by atoms with Crippen LogP contribution in [0, 0.1) is 0 Å². The highest BCUT2D eigenvalue weighted by Crippen LogP contribution is 2.42. The maximum Gasteiger partial charge on any atom is 0.238 e. The topological polar surface area (TPSA) is 61.4 Å². The smallest absolute Gasteiger partial charge is 0.238 e. The van der Waals surface area contributed by atoms with Crippen LogP contribution in [-0.4, -0.2) is 29.1 Å². The molecule has 0 saturated carbocycles. The predicted molar refractivity (Wildman–Crippen MR) is 228 cm³/mol. The highest BCUT2D eigenvalue weighted by atomic mass is 15.2. The summed E-state index contributed by atoms with van der Waals surface area (Å²) >= 11 is 0. The van der Waals surface area contributed by atoms with Crippen molar-refractivity contribution in [2.45, 2.75) is 0 Å². The summed E-state index contributed by atoms with van der Waals surface area (Å²) in [6.45, 7) is 0. The molecule has 7 aromatic carbocycles. The number of rotatable bonds is 6. The molecule has 0 bridgehead atoms. The normalized spacial score (nSPS) is 11.6. The monoisotopic (exact) mass is 716 g/mol. The number of fused-ring (bicyclic) bond motifs is 7. The highest BCUT2D eigenvalue weighted by Gasteiger charge is 2.23. The summed E-state index contributed by atoms with van der Waals surface area (Å²) in [5.74, 6) is 1.79. The van der Waals surface area contributed by atoms with Crippen LogP contribution >= 0.6 is 0 Å². The lowest BCUT2D eigenvalue weighted by molar-refractivity contribution is 0.953. The number of hydrogen-bond donors (Lipinski definition) is 0. The second-order valence-corrected chi connectivity index (χ2v) is 13.9. The average molecular weight is 717 g/mol. The van der Waals surface area contributed by atoms with Gasteiger partial charge in [-0.1, -0.05) is 158 Å². The van der Waals surface area contributed by atoms with Gasteiger partial charge in [0.2, 0.25) is 5.95 Å². The van der Waals surface area contributed by atoms with E-state index in [1.54, 1.807) is 0 Å². The van der Waals surface area contributed by atoms with Gasteiger partial charge in [-0.05, 0) is 36.4 Å². The van der Waals surface area contributed by atoms with Gasteiger partial charge in [0, 0.05) is 49.5 Å². The Balaban J connectivity index is 1.22. The number of hydrogen-bond acceptors (Lipinski definition) is 4. The minimum absolute atomic E-state index is 0.559. The van der Waals surface area contributed by atoms with Crippen molar-refractivity contribution in [1.82, 2.24) is 29.1 Å². The second kappa shape index (κ2) is 13.0. The maximum atomic E-state index is 5.25. The van der Waals surface area contributed by atoms with Crippen molar-refractivity contribution < 1.29 is 0 Å². The summed E-state index contributed by atoms with van der Waals surface area (Å²) in [6, 6.07) is 67.3. The first kappa shape index (κ1) is 31.8. The Hall–Kier alpha value is -7.70. The Morgan fingerprint density at radius 2 is 0.768 bits per heavy atom. The van der Waals surface area contributed by atoms with Crippen LogP contribution in [0.2, 0.25) is 0 Å². The van der Waals surface area contributed by atoms with Gasteiger partial charge in [0.15, 0.2) is 11.6 Å². The summed E-state index contributed by atoms with van der Waals surface area (Å²) in [6.07, 6.45) is 0. The molecule has 0 saturated heterocycles. The fraction of sp³-hybridized carbons (Fsp3) is 0. The molecule has 0 aliphatic heterocycles. The quantitative estimate of drug-likeness (QED) is 0.172. The van der Waals surface area contributed by atoms with Crippen LogP contribution in [0.5, 0.6) is 0 Å². The fourth-order valence-electron chi connectivity index (χ4n) is 8.04. The molecule has 11 rings (SSSR count). The summed E-state index contributed by atoms with van der Waals surface area (Å²) < 4.78 is 4.63. The lowest BCUT2D eigenvalue weighted by Gasteiger charge is -2.14. The second-order valence-electron chi connectivity index (χ2n) is 13.9. The van der Waals surface area contributed by atoms with E-state index >= 15 is 0 Å². The number of para-hydroxylation sites is 2. The van der Waals surface area contributed by atoms with E-state index in [2.05, 4.69) is 137 Å². The van der Waals surface area contributed by atoms with Crippen molar-refractivity contribution in [2.75, 3.05) is 0 Å². The highest BCUT2D eigenvalue weighted by molar-refractivity contribution is 6.23. The molecule has 0 spiro atoms. The molecule has 0 radical (unpaired) electrons. The Kier molecular flexibility index (Phi) is 7.38. The van der Waals surface area contributed by atoms with E-state index in [1.165, 1.54) is 5.39 Å². The van der Waals surface area contributed by atoms with Crippen LogP contribution in [0.1, 0.15) is 0 Å². The van der Waals surface area contributed by atoms with Crippen molar-refractivity contribution in [3.8, 4) is 56.9 Å². The van der Waals surface area contributed by atoms with E-state index in [-0.39, 0.29) is 0 Å². The zero-order valence-electron chi connectivity index (χ0n) is 30.2. The lowest BCUT2D eigenvalue weighted by Crippen LogP contribution is -2.07. The van der Waals surface area contributed by atoms with Crippen LogP contribution in [0.4, 0.5) is 0 Å². The number of nitrogens with zero attached hydrogens (tertiary/aromatic N) is 6. The summed E-state index contributed by atoms with van der Waals surface area (Å²) in [4.78, 5) is 20.6. The molecule has 0 amide bonds. The largest absolute Gasteiger partial charge is 0.307 e. The van der Waals surface area contributed by atoms with Crippen molar-refractivity contribution >= 4 is 43.6 Å². The van der Waals surface area contributed by atoms with Crippen LogP contribution in [0.3, 0.4) is 0 Å². The molecule has 0 unspecified atom stereocenters. The number of benzene rings is 7. The van der Waals surface area contributed by atoms with Gasteiger partial charge in [-0.3, -0.25) is 4.57 Å². The number of pyridine rings is 1. The molecule has 262 valence electrons. The molecular formula is C50H32N6. The van der Waals surface area contributed by atoms with Crippen molar-refractivity contribution in [2.24, 2.45) is 0 Å². The number of aromatic nitrogens is 6. The third-order valence-electron chi connectivity index (χ3n) is 10.6. The van der Waals surface area contributed by atoms with Gasteiger partial charge in [-0.15, -0.1) is 0 Å². The summed E-state index contributed by atoms with van der Waals surface area (Å²) in [5.41, 5.74) is 11.1. The Labute approximate surface area is 322 Å². The molecular weight excluding hydrogens is 685 g/mol. The minimum Gasteiger partial charge on any atom is -0.307 e. The zero-order chi connectivity index (χ0) is 37.0. The van der Waals surface area contributed by atoms with Gasteiger partial charge in [-0.2, -0.15) is 9.97 Å². The molecule has 4 aromatic heterocycles. The van der Waals surface area contributed by atoms with E-state index in [0.29, 0.717) is 17.6 Å². The molecule has 56 heavy (non-hydrogen) atoms. The van der Waals surface area contributed by atoms with E-state index < -0.39 is 0 Å². The molecule has 4 heterocycles. The first-order valence-electron chi connectivity index (χ1n) is 18.7. The first-order valence-corrected chi connectivity index (χ1v) is 18.7. The molecule has 0 atom stereocenters. The third kappa shape index (κ3) is 5.19. The van der Waals surface area contributed by atoms with Gasteiger partial charge in [0.1, 0.15) is 0 Å². The molecule has 0 N–H and O–H groups in total. The van der Waals surface area contributed by atoms with Gasteiger partial charge < -0.3 is 4.57 Å². The SMILES string of the molecule is c1ccc(-c2cccc(-c3cccc(-n4c5ccccc5c5ccc6c7ccccc7n(-c7nc(-c8ccccc8)nc(-c8ccccc8)n7)c6c54)c3)n2)cc1. The zero-order valence-corrected chi connectivity index (χ0v) is 30.2. The molecule has 0 aliphatic rings. The molecule has 0 fully saturated rings. The van der Waals surface area contributed by atoms with Crippen molar-refractivity contribution in [1.29, 1.82) is 0 Å². The molecule has 0 aliphatic carbocycles. The van der Waals surface area contributed by atoms with Crippen LogP contribution in [0.25, 0.3) is 101 Å². The van der Waals surface area contributed by atoms with Gasteiger partial charge in [0.25, 0.3) is 0 Å². The lowest BCUT2D eigenvalue weighted by atomic mass is 10.1. The van der Waals surface area contributed by atoms with E-state index in [0.717, 1.165) is 77.6 Å². The summed E-state index contributed by atoms with van der Waals surface area (Å²) in [7, 11) is 0. The Bertz CT molecular complexity index is 3180. The van der Waals surface area contributed by atoms with E-state index in [1.807, 2.05) is 66.7 Å². The van der Waals surface area contributed by atoms with Crippen LogP contribution < -0.4 is 0 Å². The van der Waals surface area contributed by atoms with Gasteiger partial charge in [-0.25, -0.2) is 9.97 Å². The fourth-order valence-corrected chi connectivity index (χ4v) is 8.04. The standard InChI is InChI=1S/C50H32N6/c1-4-16-33(17-5-1)42-26-15-27-43(51-42)36-22-14-23-37(32-36)55-44-28-12-10-24-38(44)40-30-31-41-39-25-11-13-29-45(39)56(47(41)46(40)55)50-53-48(34-18-6-2-7-19-34)52-49(54-50)35-20-8-3-9-21-35/h1-32H. The third-order valence-corrected chi connectivity index (χ3v) is 10.6. The van der Waals surface area contributed by atoms with Crippen molar-refractivity contribution in [3.05, 3.63) is 194 Å². The Morgan fingerprint density at radius 1 is 0.304 bits per heavy atom. The minimum atomic E-state index is 0.559. The van der Waals surface area contributed by atoms with Crippen molar-refractivity contribution in [3.63, 3.8) is 0 Å². The Morgan fingerprint density at radius 3 is 1.38 bits per heavy atom. The maximum absolute atomic E-state index is 5.25. The van der Waals surface area contributed by atoms with Gasteiger partial charge in [0.05, 0.1) is 33.5 Å². The molecule has 6 nitrogen and oxygen atoms in total. The predicted octanol–water partition coefficient (Wildman–Crippen LogP) is 12.1. The molecule has 11 aromatic rings. The molecule has 6 heteroatoms. The van der Waals surface area contributed by atoms with Crippen LogP contribution in [0.15, 0.2) is 194 Å². The summed E-state index contributed by atoms with van der Waals surface area (Å²) in [5, 5.41) is 4.56. The van der Waals surface area contributed by atoms with Crippen LogP contribution in [-0.2, 0) is 0 Å². The van der Waals surface area contributed by atoms with E-state index in [9.17, 15) is 0 Å². The van der Waals surface area contributed by atoms with E-state index in [4.69, 9.17) is 19.9 Å².